The molecule has 2 nitrogen and oxygen atoms in total. The van der Waals surface area contributed by atoms with Gasteiger partial charge in [0.05, 0.1) is 5.52 Å². The Bertz CT molecular complexity index is 496. The Kier molecular flexibility index (Phi) is 3.34. The van der Waals surface area contributed by atoms with Crippen molar-refractivity contribution in [3.8, 4) is 0 Å². The van der Waals surface area contributed by atoms with Crippen LogP contribution in [-0.2, 0) is 0 Å². The van der Waals surface area contributed by atoms with Crippen molar-refractivity contribution >= 4 is 28.4 Å². The van der Waals surface area contributed by atoms with Gasteiger partial charge in [-0.1, -0.05) is 13.8 Å². The highest BCUT2D eigenvalue weighted by Crippen LogP contribution is 2.31. The van der Waals surface area contributed by atoms with E-state index in [1.807, 2.05) is 30.1 Å². The average Bonchev–Trinajstić information content (AvgIpc) is 2.28. The van der Waals surface area contributed by atoms with Gasteiger partial charge in [-0.25, -0.2) is 0 Å². The lowest BCUT2D eigenvalue weighted by Gasteiger charge is -2.10. The second-order valence-electron chi connectivity index (χ2n) is 3.92. The normalized spacial score (nSPS) is 12.9. The summed E-state index contributed by atoms with van der Waals surface area (Å²) in [6, 6.07) is 8.00. The van der Waals surface area contributed by atoms with E-state index in [4.69, 9.17) is 5.73 Å². The molecule has 0 aliphatic carbocycles. The molecule has 2 N–H and O–H groups in total. The molecule has 3 heteroatoms. The molecule has 1 unspecified atom stereocenters. The molecule has 2 aromatic rings. The summed E-state index contributed by atoms with van der Waals surface area (Å²) >= 11 is 1.90. The summed E-state index contributed by atoms with van der Waals surface area (Å²) in [6.45, 7) is 4.45. The van der Waals surface area contributed by atoms with Crippen LogP contribution >= 0.6 is 11.8 Å². The lowest BCUT2D eigenvalue weighted by molar-refractivity contribution is 0.906. The van der Waals surface area contributed by atoms with Crippen LogP contribution in [-0.4, -0.2) is 10.2 Å². The highest BCUT2D eigenvalue weighted by Gasteiger charge is 2.06. The molecule has 0 aliphatic heterocycles. The van der Waals surface area contributed by atoms with E-state index in [9.17, 15) is 0 Å². The van der Waals surface area contributed by atoms with E-state index in [1.54, 1.807) is 0 Å². The summed E-state index contributed by atoms with van der Waals surface area (Å²) in [7, 11) is 0. The summed E-state index contributed by atoms with van der Waals surface area (Å²) in [4.78, 5) is 5.63. The summed E-state index contributed by atoms with van der Waals surface area (Å²) in [6.07, 6.45) is 3.02. The summed E-state index contributed by atoms with van der Waals surface area (Å²) in [5, 5.41) is 1.82. The molecular weight excluding hydrogens is 216 g/mol. The van der Waals surface area contributed by atoms with Crippen LogP contribution in [0.15, 0.2) is 35.4 Å². The Labute approximate surface area is 100 Å². The number of fused-ring (bicyclic) bond motifs is 1. The molecule has 0 radical (unpaired) electrons. The van der Waals surface area contributed by atoms with Gasteiger partial charge >= 0.3 is 0 Å². The number of nitrogens with zero attached hydrogens (tertiary/aromatic N) is 1. The van der Waals surface area contributed by atoms with Crippen molar-refractivity contribution < 1.29 is 0 Å². The molecule has 16 heavy (non-hydrogen) atoms. The van der Waals surface area contributed by atoms with Gasteiger partial charge in [-0.2, -0.15) is 0 Å². The van der Waals surface area contributed by atoms with Gasteiger partial charge in [0.2, 0.25) is 0 Å². The maximum Gasteiger partial charge on any atom is 0.0733 e. The monoisotopic (exact) mass is 232 g/mol. The third kappa shape index (κ3) is 2.30. The minimum atomic E-state index is 0.628. The van der Waals surface area contributed by atoms with E-state index in [0.29, 0.717) is 5.25 Å². The first kappa shape index (κ1) is 11.3. The molecule has 0 saturated carbocycles. The quantitative estimate of drug-likeness (QED) is 0.647. The lowest BCUT2D eigenvalue weighted by Crippen LogP contribution is -1.93. The van der Waals surface area contributed by atoms with Crippen LogP contribution in [0.4, 0.5) is 5.69 Å². The Hall–Kier alpha value is -1.22. The van der Waals surface area contributed by atoms with E-state index in [0.717, 1.165) is 11.2 Å². The second kappa shape index (κ2) is 4.74. The first-order chi connectivity index (χ1) is 7.70. The number of hydrogen-bond acceptors (Lipinski definition) is 3. The molecule has 0 spiro atoms. The second-order valence-corrected chi connectivity index (χ2v) is 5.40. The van der Waals surface area contributed by atoms with Crippen molar-refractivity contribution in [2.45, 2.75) is 30.4 Å². The number of nitrogen functional groups attached to an aromatic ring is 1. The van der Waals surface area contributed by atoms with Crippen molar-refractivity contribution in [3.05, 3.63) is 30.5 Å². The molecule has 0 aliphatic rings. The van der Waals surface area contributed by atoms with Crippen LogP contribution in [0.3, 0.4) is 0 Å². The summed E-state index contributed by atoms with van der Waals surface area (Å²) in [5.41, 5.74) is 7.50. The minimum Gasteiger partial charge on any atom is -0.399 e. The smallest absolute Gasteiger partial charge is 0.0733 e. The van der Waals surface area contributed by atoms with Gasteiger partial charge in [-0.15, -0.1) is 11.8 Å². The Morgan fingerprint density at radius 1 is 1.38 bits per heavy atom. The number of aromatic nitrogens is 1. The fourth-order valence-electron chi connectivity index (χ4n) is 1.54. The van der Waals surface area contributed by atoms with Crippen LogP contribution in [0.5, 0.6) is 0 Å². The van der Waals surface area contributed by atoms with Gasteiger partial charge in [0.1, 0.15) is 0 Å². The van der Waals surface area contributed by atoms with Crippen molar-refractivity contribution in [1.82, 2.24) is 4.98 Å². The summed E-state index contributed by atoms with van der Waals surface area (Å²) in [5.74, 6) is 0. The number of pyridine rings is 1. The topological polar surface area (TPSA) is 38.9 Å². The maximum absolute atomic E-state index is 5.75. The zero-order valence-corrected chi connectivity index (χ0v) is 10.4. The highest BCUT2D eigenvalue weighted by molar-refractivity contribution is 8.00. The SMILES string of the molecule is CCC(C)Sc1ccnc2cc(N)ccc12. The fourth-order valence-corrected chi connectivity index (χ4v) is 2.58. The first-order valence-electron chi connectivity index (χ1n) is 5.51. The van der Waals surface area contributed by atoms with Gasteiger partial charge < -0.3 is 5.73 Å². The number of thioether (sulfide) groups is 1. The third-order valence-corrected chi connectivity index (χ3v) is 3.98. The first-order valence-corrected chi connectivity index (χ1v) is 6.39. The van der Waals surface area contributed by atoms with Gasteiger partial charge in [-0.3, -0.25) is 4.98 Å². The van der Waals surface area contributed by atoms with Crippen LogP contribution in [0.25, 0.3) is 10.9 Å². The zero-order chi connectivity index (χ0) is 11.5. The van der Waals surface area contributed by atoms with Crippen molar-refractivity contribution in [3.63, 3.8) is 0 Å². The molecule has 0 amide bonds. The highest BCUT2D eigenvalue weighted by atomic mass is 32.2. The molecule has 2 rings (SSSR count). The molecule has 1 aromatic heterocycles. The molecule has 0 bridgehead atoms. The Balaban J connectivity index is 2.45. The number of rotatable bonds is 3. The van der Waals surface area contributed by atoms with Gasteiger partial charge in [0, 0.05) is 27.4 Å². The van der Waals surface area contributed by atoms with Crippen LogP contribution < -0.4 is 5.73 Å². The van der Waals surface area contributed by atoms with E-state index in [1.165, 1.54) is 16.7 Å². The van der Waals surface area contributed by atoms with Gasteiger partial charge in [0.25, 0.3) is 0 Å². The molecular formula is C13H16N2S. The van der Waals surface area contributed by atoms with Crippen molar-refractivity contribution in [2.75, 3.05) is 5.73 Å². The van der Waals surface area contributed by atoms with Crippen molar-refractivity contribution in [1.29, 1.82) is 0 Å². The van der Waals surface area contributed by atoms with Crippen LogP contribution in [0, 0.1) is 0 Å². The lowest BCUT2D eigenvalue weighted by atomic mass is 10.2. The van der Waals surface area contributed by atoms with Crippen LogP contribution in [0.2, 0.25) is 0 Å². The Morgan fingerprint density at radius 3 is 2.94 bits per heavy atom. The number of anilines is 1. The molecule has 1 heterocycles. The Morgan fingerprint density at radius 2 is 2.19 bits per heavy atom. The number of nitrogens with two attached hydrogens (primary N) is 1. The third-order valence-electron chi connectivity index (χ3n) is 2.63. The maximum atomic E-state index is 5.75. The number of hydrogen-bond donors (Lipinski definition) is 1. The summed E-state index contributed by atoms with van der Waals surface area (Å²) < 4.78 is 0. The predicted octanol–water partition coefficient (Wildman–Crippen LogP) is 3.71. The predicted molar refractivity (Wildman–Crippen MR) is 71.8 cm³/mol. The zero-order valence-electron chi connectivity index (χ0n) is 9.60. The minimum absolute atomic E-state index is 0.628. The van der Waals surface area contributed by atoms with Crippen LogP contribution in [0.1, 0.15) is 20.3 Å². The van der Waals surface area contributed by atoms with E-state index in [-0.39, 0.29) is 0 Å². The van der Waals surface area contributed by atoms with Gasteiger partial charge in [-0.05, 0) is 30.7 Å². The standard InChI is InChI=1S/C13H16N2S/c1-3-9(2)16-13-6-7-15-12-8-10(14)4-5-11(12)13/h4-9H,3,14H2,1-2H3. The molecule has 0 saturated heterocycles. The fraction of sp³-hybridized carbons (Fsp3) is 0.308. The molecule has 1 aromatic carbocycles. The average molecular weight is 232 g/mol. The molecule has 0 fully saturated rings. The van der Waals surface area contributed by atoms with Crippen molar-refractivity contribution in [2.24, 2.45) is 0 Å². The van der Waals surface area contributed by atoms with E-state index >= 15 is 0 Å². The van der Waals surface area contributed by atoms with Gasteiger partial charge in [0.15, 0.2) is 0 Å². The largest absolute Gasteiger partial charge is 0.399 e. The molecule has 84 valence electrons. The van der Waals surface area contributed by atoms with E-state index in [2.05, 4.69) is 31.0 Å². The van der Waals surface area contributed by atoms with E-state index < -0.39 is 0 Å². The molecule has 1 atom stereocenters. The number of benzene rings is 1.